The summed E-state index contributed by atoms with van der Waals surface area (Å²) >= 11 is 5.79. The van der Waals surface area contributed by atoms with Crippen LogP contribution in [0, 0.1) is 5.92 Å². The van der Waals surface area contributed by atoms with Gasteiger partial charge in [-0.15, -0.1) is 0 Å². The second kappa shape index (κ2) is 5.67. The number of aromatic amines is 1. The molecule has 1 atom stereocenters. The molecule has 0 bridgehead atoms. The van der Waals surface area contributed by atoms with E-state index in [0.717, 1.165) is 0 Å². The van der Waals surface area contributed by atoms with Gasteiger partial charge in [0.1, 0.15) is 11.1 Å². The van der Waals surface area contributed by atoms with E-state index in [-0.39, 0.29) is 10.9 Å². The van der Waals surface area contributed by atoms with Crippen molar-refractivity contribution in [2.75, 3.05) is 12.4 Å². The molecule has 0 saturated heterocycles. The molecule has 1 rings (SSSR count). The van der Waals surface area contributed by atoms with Crippen molar-refractivity contribution in [2.45, 2.75) is 19.9 Å². The Bertz CT molecular complexity index is 458. The van der Waals surface area contributed by atoms with Crippen LogP contribution in [0.1, 0.15) is 13.8 Å². The van der Waals surface area contributed by atoms with Crippen LogP contribution in [-0.4, -0.2) is 29.3 Å². The van der Waals surface area contributed by atoms with Crippen molar-refractivity contribution in [3.05, 3.63) is 21.6 Å². The van der Waals surface area contributed by atoms with Gasteiger partial charge in [0.05, 0.1) is 19.0 Å². The molecule has 0 aliphatic rings. The molecule has 7 heteroatoms. The number of halogens is 1. The van der Waals surface area contributed by atoms with Gasteiger partial charge >= 0.3 is 5.97 Å². The van der Waals surface area contributed by atoms with Gasteiger partial charge in [-0.3, -0.25) is 4.79 Å². The lowest BCUT2D eigenvalue weighted by atomic mass is 10.0. The van der Waals surface area contributed by atoms with Crippen molar-refractivity contribution in [2.24, 2.45) is 5.92 Å². The van der Waals surface area contributed by atoms with Crippen LogP contribution in [0.3, 0.4) is 0 Å². The van der Waals surface area contributed by atoms with Crippen molar-refractivity contribution in [1.29, 1.82) is 0 Å². The van der Waals surface area contributed by atoms with Crippen molar-refractivity contribution < 1.29 is 9.53 Å². The van der Waals surface area contributed by atoms with Crippen LogP contribution in [0.4, 0.5) is 5.69 Å². The highest BCUT2D eigenvalue weighted by Gasteiger charge is 2.24. The number of esters is 1. The summed E-state index contributed by atoms with van der Waals surface area (Å²) in [7, 11) is 1.30. The average molecular weight is 260 g/mol. The van der Waals surface area contributed by atoms with Crippen molar-refractivity contribution in [3.8, 4) is 0 Å². The SMILES string of the molecule is COC(=O)C(Nc1cn[nH]c(=O)c1Cl)C(C)C. The van der Waals surface area contributed by atoms with E-state index in [2.05, 4.69) is 20.3 Å². The Labute approximate surface area is 103 Å². The fourth-order valence-corrected chi connectivity index (χ4v) is 1.42. The molecule has 0 radical (unpaired) electrons. The Hall–Kier alpha value is -1.56. The Morgan fingerprint density at radius 1 is 1.59 bits per heavy atom. The van der Waals surface area contributed by atoms with Crippen LogP contribution >= 0.6 is 11.6 Å². The molecule has 1 unspecified atom stereocenters. The van der Waals surface area contributed by atoms with Crippen molar-refractivity contribution in [1.82, 2.24) is 10.2 Å². The fraction of sp³-hybridized carbons (Fsp3) is 0.500. The van der Waals surface area contributed by atoms with Crippen LogP contribution in [0.2, 0.25) is 5.02 Å². The van der Waals surface area contributed by atoms with Gasteiger partial charge < -0.3 is 10.1 Å². The maximum atomic E-state index is 11.5. The molecule has 0 aliphatic heterocycles. The van der Waals surface area contributed by atoms with E-state index in [9.17, 15) is 9.59 Å². The van der Waals surface area contributed by atoms with E-state index in [1.54, 1.807) is 0 Å². The molecule has 17 heavy (non-hydrogen) atoms. The van der Waals surface area contributed by atoms with Gasteiger partial charge in [-0.1, -0.05) is 25.4 Å². The molecule has 0 amide bonds. The van der Waals surface area contributed by atoms with Gasteiger partial charge in [-0.2, -0.15) is 5.10 Å². The smallest absolute Gasteiger partial charge is 0.328 e. The summed E-state index contributed by atoms with van der Waals surface area (Å²) in [5.41, 5.74) is -0.205. The predicted octanol–water partition coefficient (Wildman–Crippen LogP) is 1.03. The number of nitrogens with zero attached hydrogens (tertiary/aromatic N) is 1. The normalized spacial score (nSPS) is 12.3. The lowest BCUT2D eigenvalue weighted by Crippen LogP contribution is -2.36. The first-order chi connectivity index (χ1) is 7.97. The lowest BCUT2D eigenvalue weighted by molar-refractivity contribution is -0.142. The van der Waals surface area contributed by atoms with E-state index in [4.69, 9.17) is 11.6 Å². The van der Waals surface area contributed by atoms with Gasteiger partial charge in [-0.25, -0.2) is 9.89 Å². The molecule has 0 fully saturated rings. The Kier molecular flexibility index (Phi) is 4.51. The second-order valence-electron chi connectivity index (χ2n) is 3.82. The minimum atomic E-state index is -0.582. The monoisotopic (exact) mass is 259 g/mol. The fourth-order valence-electron chi connectivity index (χ4n) is 1.28. The van der Waals surface area contributed by atoms with Crippen molar-refractivity contribution >= 4 is 23.3 Å². The number of methoxy groups -OCH3 is 1. The standard InChI is InChI=1S/C10H14ClN3O3/c1-5(2)8(10(16)17-3)13-6-4-12-14-9(15)7(6)11/h4-5,8H,1-3H3,(H2,13,14,15). The lowest BCUT2D eigenvalue weighted by Gasteiger charge is -2.20. The number of anilines is 1. The van der Waals surface area contributed by atoms with Crippen LogP contribution in [0.25, 0.3) is 0 Å². The molecule has 1 heterocycles. The number of aromatic nitrogens is 2. The molecule has 0 saturated carbocycles. The summed E-state index contributed by atoms with van der Waals surface area (Å²) in [5, 5.41) is 8.61. The maximum absolute atomic E-state index is 11.5. The highest BCUT2D eigenvalue weighted by Crippen LogP contribution is 2.18. The van der Waals surface area contributed by atoms with Crippen LogP contribution in [0.5, 0.6) is 0 Å². The van der Waals surface area contributed by atoms with Crippen LogP contribution < -0.4 is 10.9 Å². The van der Waals surface area contributed by atoms with E-state index in [0.29, 0.717) is 5.69 Å². The summed E-state index contributed by atoms with van der Waals surface area (Å²) in [6.07, 6.45) is 1.35. The largest absolute Gasteiger partial charge is 0.467 e. The number of carbonyl (C=O) groups is 1. The van der Waals surface area contributed by atoms with E-state index in [1.807, 2.05) is 13.8 Å². The maximum Gasteiger partial charge on any atom is 0.328 e. The van der Waals surface area contributed by atoms with E-state index < -0.39 is 17.6 Å². The van der Waals surface area contributed by atoms with Gasteiger partial charge in [0.2, 0.25) is 0 Å². The summed E-state index contributed by atoms with van der Waals surface area (Å²) in [4.78, 5) is 22.7. The minimum absolute atomic E-state index is 0.0159. The number of hydrogen-bond acceptors (Lipinski definition) is 5. The van der Waals surface area contributed by atoms with Gasteiger partial charge in [0, 0.05) is 0 Å². The van der Waals surface area contributed by atoms with Gasteiger partial charge in [-0.05, 0) is 5.92 Å². The first-order valence-electron chi connectivity index (χ1n) is 5.05. The molecule has 1 aromatic heterocycles. The predicted molar refractivity (Wildman–Crippen MR) is 64.1 cm³/mol. The van der Waals surface area contributed by atoms with Crippen LogP contribution in [-0.2, 0) is 9.53 Å². The molecule has 0 aliphatic carbocycles. The highest BCUT2D eigenvalue weighted by molar-refractivity contribution is 6.33. The Morgan fingerprint density at radius 3 is 2.76 bits per heavy atom. The number of carbonyl (C=O) groups excluding carboxylic acids is 1. The summed E-state index contributed by atoms with van der Waals surface area (Å²) in [6, 6.07) is -0.582. The zero-order valence-corrected chi connectivity index (χ0v) is 10.5. The number of hydrogen-bond donors (Lipinski definition) is 2. The third kappa shape index (κ3) is 3.20. The first kappa shape index (κ1) is 13.5. The highest BCUT2D eigenvalue weighted by atomic mass is 35.5. The quantitative estimate of drug-likeness (QED) is 0.789. The molecule has 1 aromatic rings. The topological polar surface area (TPSA) is 84.1 Å². The molecule has 0 aromatic carbocycles. The van der Waals surface area contributed by atoms with Gasteiger partial charge in [0.15, 0.2) is 0 Å². The summed E-state index contributed by atoms with van der Waals surface area (Å²) in [6.45, 7) is 3.70. The second-order valence-corrected chi connectivity index (χ2v) is 4.19. The number of rotatable bonds is 4. The summed E-state index contributed by atoms with van der Waals surface area (Å²) in [5.74, 6) is -0.436. The molecular weight excluding hydrogens is 246 g/mol. The number of H-pyrrole nitrogens is 1. The Morgan fingerprint density at radius 2 is 2.24 bits per heavy atom. The zero-order chi connectivity index (χ0) is 13.0. The number of nitrogens with one attached hydrogen (secondary N) is 2. The molecule has 2 N–H and O–H groups in total. The molecule has 94 valence electrons. The minimum Gasteiger partial charge on any atom is -0.467 e. The number of ether oxygens (including phenoxy) is 1. The Balaban J connectivity index is 2.98. The molecule has 0 spiro atoms. The van der Waals surface area contributed by atoms with Crippen molar-refractivity contribution in [3.63, 3.8) is 0 Å². The third-order valence-corrected chi connectivity index (χ3v) is 2.60. The first-order valence-corrected chi connectivity index (χ1v) is 5.42. The van der Waals surface area contributed by atoms with E-state index in [1.165, 1.54) is 13.3 Å². The molecule has 6 nitrogen and oxygen atoms in total. The average Bonchev–Trinajstić information content (AvgIpc) is 2.29. The zero-order valence-electron chi connectivity index (χ0n) is 9.78. The molecular formula is C10H14ClN3O3. The summed E-state index contributed by atoms with van der Waals surface area (Å²) < 4.78 is 4.67. The van der Waals surface area contributed by atoms with E-state index >= 15 is 0 Å². The van der Waals surface area contributed by atoms with Crippen LogP contribution in [0.15, 0.2) is 11.0 Å². The van der Waals surface area contributed by atoms with Gasteiger partial charge in [0.25, 0.3) is 5.56 Å². The third-order valence-electron chi connectivity index (χ3n) is 2.23.